The lowest BCUT2D eigenvalue weighted by atomic mass is 10.2. The number of carboxylic acids is 1. The lowest BCUT2D eigenvalue weighted by molar-refractivity contribution is 0.0696. The molecule has 0 aliphatic heterocycles. The van der Waals surface area contributed by atoms with Crippen LogP contribution < -0.4 is 10.5 Å². The third-order valence-corrected chi connectivity index (χ3v) is 3.45. The molecule has 17 heavy (non-hydrogen) atoms. The van der Waals surface area contributed by atoms with E-state index in [1.54, 1.807) is 0 Å². The van der Waals surface area contributed by atoms with Crippen molar-refractivity contribution in [2.24, 2.45) is 0 Å². The predicted molar refractivity (Wildman–Crippen MR) is 63.2 cm³/mol. The number of nitrogens with one attached hydrogen (secondary N) is 1. The minimum atomic E-state index is -3.82. The van der Waals surface area contributed by atoms with Crippen molar-refractivity contribution >= 4 is 21.7 Å². The molecule has 92 valence electrons. The Morgan fingerprint density at radius 1 is 1.53 bits per heavy atom. The summed E-state index contributed by atoms with van der Waals surface area (Å²) in [5.41, 5.74) is 5.36. The molecule has 0 atom stereocenters. The fourth-order valence-electron chi connectivity index (χ4n) is 1.15. The Bertz CT molecular complexity index is 551. The van der Waals surface area contributed by atoms with Gasteiger partial charge in [0.1, 0.15) is 4.90 Å². The second kappa shape index (κ2) is 4.98. The lowest BCUT2D eigenvalue weighted by Gasteiger charge is -2.08. The first-order valence-corrected chi connectivity index (χ1v) is 6.10. The van der Waals surface area contributed by atoms with Crippen LogP contribution in [0.3, 0.4) is 0 Å². The molecule has 7 heteroatoms. The van der Waals surface area contributed by atoms with Crippen molar-refractivity contribution in [1.29, 1.82) is 0 Å². The van der Waals surface area contributed by atoms with Crippen molar-refractivity contribution in [1.82, 2.24) is 4.72 Å². The van der Waals surface area contributed by atoms with Crippen LogP contribution in [-0.2, 0) is 10.0 Å². The second-order valence-corrected chi connectivity index (χ2v) is 4.93. The normalized spacial score (nSPS) is 11.1. The van der Waals surface area contributed by atoms with Crippen molar-refractivity contribution in [2.75, 3.05) is 12.3 Å². The van der Waals surface area contributed by atoms with Crippen LogP contribution in [-0.4, -0.2) is 26.0 Å². The van der Waals surface area contributed by atoms with E-state index in [0.717, 1.165) is 6.07 Å². The standard InChI is InChI=1S/C10H12N2O4S/c1-2-5-12-17(15,16)9-6-7(10(13)14)3-4-8(9)11/h2-4,6,12H,1,5,11H2,(H,13,14). The number of carboxylic acid groups (broad SMARTS) is 1. The van der Waals surface area contributed by atoms with Crippen LogP contribution in [0.5, 0.6) is 0 Å². The summed E-state index contributed by atoms with van der Waals surface area (Å²) in [5.74, 6) is -1.22. The fraction of sp³-hybridized carbons (Fsp3) is 0.100. The minimum absolute atomic E-state index is 0.00781. The predicted octanol–water partition coefficient (Wildman–Crippen LogP) is 0.431. The van der Waals surface area contributed by atoms with Gasteiger partial charge in [-0.2, -0.15) is 0 Å². The van der Waals surface area contributed by atoms with E-state index in [9.17, 15) is 13.2 Å². The SMILES string of the molecule is C=CCNS(=O)(=O)c1cc(C(=O)O)ccc1N. The number of hydrogen-bond donors (Lipinski definition) is 3. The first-order valence-electron chi connectivity index (χ1n) is 4.62. The Kier molecular flexibility index (Phi) is 3.87. The van der Waals surface area contributed by atoms with Crippen molar-refractivity contribution in [3.63, 3.8) is 0 Å². The molecule has 0 amide bonds. The number of rotatable bonds is 5. The van der Waals surface area contributed by atoms with Gasteiger partial charge in [0.15, 0.2) is 0 Å². The van der Waals surface area contributed by atoms with E-state index in [1.807, 2.05) is 0 Å². The summed E-state index contributed by atoms with van der Waals surface area (Å²) in [6.07, 6.45) is 1.37. The number of anilines is 1. The van der Waals surface area contributed by atoms with Gasteiger partial charge in [0.05, 0.1) is 11.3 Å². The van der Waals surface area contributed by atoms with E-state index < -0.39 is 16.0 Å². The van der Waals surface area contributed by atoms with Crippen molar-refractivity contribution < 1.29 is 18.3 Å². The van der Waals surface area contributed by atoms with E-state index in [4.69, 9.17) is 10.8 Å². The highest BCUT2D eigenvalue weighted by Gasteiger charge is 2.18. The van der Waals surface area contributed by atoms with E-state index in [0.29, 0.717) is 0 Å². The smallest absolute Gasteiger partial charge is 0.335 e. The average Bonchev–Trinajstić information content (AvgIpc) is 2.26. The molecule has 1 rings (SSSR count). The summed E-state index contributed by atoms with van der Waals surface area (Å²) in [4.78, 5) is 10.5. The Labute approximate surface area is 98.8 Å². The molecule has 1 aromatic carbocycles. The summed E-state index contributed by atoms with van der Waals surface area (Å²) in [6, 6.07) is 3.50. The zero-order valence-electron chi connectivity index (χ0n) is 8.88. The van der Waals surface area contributed by atoms with Crippen LogP contribution in [0.4, 0.5) is 5.69 Å². The van der Waals surface area contributed by atoms with Gasteiger partial charge in [-0.3, -0.25) is 0 Å². The summed E-state index contributed by atoms with van der Waals surface area (Å²) >= 11 is 0. The Morgan fingerprint density at radius 3 is 2.71 bits per heavy atom. The quantitative estimate of drug-likeness (QED) is 0.523. The van der Waals surface area contributed by atoms with E-state index in [-0.39, 0.29) is 22.7 Å². The molecule has 0 heterocycles. The molecule has 0 fully saturated rings. The summed E-state index contributed by atoms with van der Waals surface area (Å²) < 4.78 is 25.7. The van der Waals surface area contributed by atoms with Gasteiger partial charge in [-0.1, -0.05) is 6.08 Å². The third kappa shape index (κ3) is 3.05. The summed E-state index contributed by atoms with van der Waals surface area (Å²) in [5, 5.41) is 8.77. The molecule has 0 saturated heterocycles. The molecule has 6 nitrogen and oxygen atoms in total. The van der Waals surface area contributed by atoms with Crippen LogP contribution in [0.2, 0.25) is 0 Å². The molecule has 1 aromatic rings. The fourth-order valence-corrected chi connectivity index (χ4v) is 2.30. The molecule has 0 aliphatic rings. The van der Waals surface area contributed by atoms with Crippen molar-refractivity contribution in [3.8, 4) is 0 Å². The topological polar surface area (TPSA) is 109 Å². The molecular formula is C10H12N2O4S. The zero-order chi connectivity index (χ0) is 13.1. The molecule has 0 radical (unpaired) electrons. The van der Waals surface area contributed by atoms with Gasteiger partial charge in [0, 0.05) is 6.54 Å². The average molecular weight is 256 g/mol. The van der Waals surface area contributed by atoms with Crippen LogP contribution in [0.15, 0.2) is 35.7 Å². The maximum absolute atomic E-state index is 11.8. The number of nitrogens with two attached hydrogens (primary N) is 1. The highest BCUT2D eigenvalue weighted by molar-refractivity contribution is 7.89. The third-order valence-electron chi connectivity index (χ3n) is 1.97. The molecule has 0 bridgehead atoms. The van der Waals surface area contributed by atoms with E-state index >= 15 is 0 Å². The molecule has 0 saturated carbocycles. The Balaban J connectivity index is 3.25. The van der Waals surface area contributed by atoms with Crippen molar-refractivity contribution in [3.05, 3.63) is 36.4 Å². The molecule has 0 spiro atoms. The zero-order valence-corrected chi connectivity index (χ0v) is 9.70. The molecule has 0 aromatic heterocycles. The maximum Gasteiger partial charge on any atom is 0.335 e. The van der Waals surface area contributed by atoms with Gasteiger partial charge in [-0.25, -0.2) is 17.9 Å². The second-order valence-electron chi connectivity index (χ2n) is 3.20. The summed E-state index contributed by atoms with van der Waals surface area (Å²) in [6.45, 7) is 3.41. The first-order chi connectivity index (χ1) is 7.88. The molecule has 0 unspecified atom stereocenters. The van der Waals surface area contributed by atoms with Gasteiger partial charge in [0.2, 0.25) is 10.0 Å². The van der Waals surface area contributed by atoms with Crippen LogP contribution in [0.1, 0.15) is 10.4 Å². The van der Waals surface area contributed by atoms with Gasteiger partial charge in [-0.05, 0) is 18.2 Å². The van der Waals surface area contributed by atoms with Crippen LogP contribution in [0, 0.1) is 0 Å². The van der Waals surface area contributed by atoms with Gasteiger partial charge in [0.25, 0.3) is 0 Å². The van der Waals surface area contributed by atoms with E-state index in [2.05, 4.69) is 11.3 Å². The molecular weight excluding hydrogens is 244 g/mol. The highest BCUT2D eigenvalue weighted by Crippen LogP contribution is 2.19. The summed E-state index contributed by atoms with van der Waals surface area (Å²) in [7, 11) is -3.82. The van der Waals surface area contributed by atoms with Crippen LogP contribution in [0.25, 0.3) is 0 Å². The lowest BCUT2D eigenvalue weighted by Crippen LogP contribution is -2.24. The number of aromatic carboxylic acids is 1. The Morgan fingerprint density at radius 2 is 2.18 bits per heavy atom. The highest BCUT2D eigenvalue weighted by atomic mass is 32.2. The van der Waals surface area contributed by atoms with Crippen LogP contribution >= 0.6 is 0 Å². The number of sulfonamides is 1. The largest absolute Gasteiger partial charge is 0.478 e. The number of benzene rings is 1. The van der Waals surface area contributed by atoms with Crippen molar-refractivity contribution in [2.45, 2.75) is 4.90 Å². The van der Waals surface area contributed by atoms with Gasteiger partial charge >= 0.3 is 5.97 Å². The minimum Gasteiger partial charge on any atom is -0.478 e. The number of nitrogen functional groups attached to an aromatic ring is 1. The Hall–Kier alpha value is -1.86. The molecule has 4 N–H and O–H groups in total. The van der Waals surface area contributed by atoms with Gasteiger partial charge in [-0.15, -0.1) is 6.58 Å². The maximum atomic E-state index is 11.8. The molecule has 0 aliphatic carbocycles. The number of hydrogen-bond acceptors (Lipinski definition) is 4. The monoisotopic (exact) mass is 256 g/mol. The van der Waals surface area contributed by atoms with E-state index in [1.165, 1.54) is 18.2 Å². The number of carbonyl (C=O) groups is 1. The van der Waals surface area contributed by atoms with Gasteiger partial charge < -0.3 is 10.8 Å². The first kappa shape index (κ1) is 13.2.